The van der Waals surface area contributed by atoms with E-state index in [0.29, 0.717) is 11.0 Å². The van der Waals surface area contributed by atoms with Crippen LogP contribution < -0.4 is 5.73 Å². The SMILES string of the molecule is NCC(F)(F)c1c(Cl)oc2ccccc12. The molecule has 0 amide bonds. The number of hydrogen-bond donors (Lipinski definition) is 1. The lowest BCUT2D eigenvalue weighted by Gasteiger charge is -2.12. The van der Waals surface area contributed by atoms with Gasteiger partial charge in [0.05, 0.1) is 12.1 Å². The Morgan fingerprint density at radius 1 is 1.33 bits per heavy atom. The number of alkyl halides is 2. The van der Waals surface area contributed by atoms with E-state index < -0.39 is 12.5 Å². The molecular weight excluding hydrogens is 224 g/mol. The van der Waals surface area contributed by atoms with Crippen molar-refractivity contribution in [3.05, 3.63) is 35.0 Å². The number of nitrogens with two attached hydrogens (primary N) is 1. The molecule has 5 heteroatoms. The third-order valence-electron chi connectivity index (χ3n) is 2.17. The van der Waals surface area contributed by atoms with Gasteiger partial charge in [-0.2, -0.15) is 8.78 Å². The summed E-state index contributed by atoms with van der Waals surface area (Å²) in [7, 11) is 0. The number of para-hydroxylation sites is 1. The normalized spacial score (nSPS) is 12.3. The van der Waals surface area contributed by atoms with Gasteiger partial charge in [0.15, 0.2) is 0 Å². The van der Waals surface area contributed by atoms with Crippen LogP contribution in [-0.4, -0.2) is 6.54 Å². The van der Waals surface area contributed by atoms with Crippen molar-refractivity contribution in [1.29, 1.82) is 0 Å². The average Bonchev–Trinajstić information content (AvgIpc) is 2.54. The van der Waals surface area contributed by atoms with Crippen molar-refractivity contribution in [2.24, 2.45) is 5.73 Å². The van der Waals surface area contributed by atoms with Gasteiger partial charge in [0, 0.05) is 5.39 Å². The first-order chi connectivity index (χ1) is 7.06. The number of furan rings is 1. The first-order valence-electron chi connectivity index (χ1n) is 4.31. The molecule has 1 aromatic carbocycles. The molecule has 2 aromatic rings. The monoisotopic (exact) mass is 231 g/mol. The molecule has 80 valence electrons. The summed E-state index contributed by atoms with van der Waals surface area (Å²) in [6.07, 6.45) is 0. The molecule has 1 aromatic heterocycles. The predicted octanol–water partition coefficient (Wildman–Crippen LogP) is 3.14. The van der Waals surface area contributed by atoms with E-state index in [9.17, 15) is 8.78 Å². The first kappa shape index (κ1) is 10.4. The summed E-state index contributed by atoms with van der Waals surface area (Å²) in [5.41, 5.74) is 5.01. The van der Waals surface area contributed by atoms with Gasteiger partial charge in [0.2, 0.25) is 5.22 Å². The zero-order chi connectivity index (χ0) is 11.1. The van der Waals surface area contributed by atoms with E-state index >= 15 is 0 Å². The molecule has 0 fully saturated rings. The molecule has 0 spiro atoms. The van der Waals surface area contributed by atoms with Gasteiger partial charge in [-0.1, -0.05) is 18.2 Å². The highest BCUT2D eigenvalue weighted by atomic mass is 35.5. The Kier molecular flexibility index (Phi) is 2.40. The second kappa shape index (κ2) is 3.47. The third kappa shape index (κ3) is 1.60. The minimum absolute atomic E-state index is 0.299. The van der Waals surface area contributed by atoms with E-state index in [4.69, 9.17) is 21.8 Å². The van der Waals surface area contributed by atoms with Gasteiger partial charge in [-0.05, 0) is 17.7 Å². The smallest absolute Gasteiger partial charge is 0.290 e. The molecule has 0 saturated carbocycles. The average molecular weight is 232 g/mol. The second-order valence-corrected chi connectivity index (χ2v) is 3.50. The van der Waals surface area contributed by atoms with Gasteiger partial charge in [-0.3, -0.25) is 0 Å². The lowest BCUT2D eigenvalue weighted by Crippen LogP contribution is -2.25. The van der Waals surface area contributed by atoms with E-state index in [0.717, 1.165) is 0 Å². The zero-order valence-electron chi connectivity index (χ0n) is 7.64. The van der Waals surface area contributed by atoms with Crippen molar-refractivity contribution in [2.75, 3.05) is 6.54 Å². The highest BCUT2D eigenvalue weighted by Crippen LogP contribution is 2.39. The molecule has 2 nitrogen and oxygen atoms in total. The van der Waals surface area contributed by atoms with Gasteiger partial charge < -0.3 is 10.2 Å². The van der Waals surface area contributed by atoms with Crippen LogP contribution in [0.1, 0.15) is 5.56 Å². The van der Waals surface area contributed by atoms with E-state index in [1.165, 1.54) is 6.07 Å². The fourth-order valence-corrected chi connectivity index (χ4v) is 1.78. The molecule has 2 N–H and O–H groups in total. The van der Waals surface area contributed by atoms with Crippen molar-refractivity contribution in [3.63, 3.8) is 0 Å². The van der Waals surface area contributed by atoms with Crippen LogP contribution in [0.2, 0.25) is 5.22 Å². The molecular formula is C10H8ClF2NO. The van der Waals surface area contributed by atoms with Crippen LogP contribution in [0, 0.1) is 0 Å². The second-order valence-electron chi connectivity index (χ2n) is 3.16. The van der Waals surface area contributed by atoms with E-state index in [2.05, 4.69) is 0 Å². The maximum atomic E-state index is 13.4. The van der Waals surface area contributed by atoms with Gasteiger partial charge in [-0.15, -0.1) is 0 Å². The molecule has 1 heterocycles. The molecule has 0 atom stereocenters. The summed E-state index contributed by atoms with van der Waals surface area (Å²) in [4.78, 5) is 0. The standard InChI is InChI=1S/C10H8ClF2NO/c11-9-8(10(12,13)5-14)6-3-1-2-4-7(6)15-9/h1-4H,5,14H2. The Hall–Kier alpha value is -1.13. The quantitative estimate of drug-likeness (QED) is 0.863. The number of hydrogen-bond acceptors (Lipinski definition) is 2. The van der Waals surface area contributed by atoms with Crippen molar-refractivity contribution in [3.8, 4) is 0 Å². The lowest BCUT2D eigenvalue weighted by molar-refractivity contribution is 0.00689. The number of benzene rings is 1. The van der Waals surface area contributed by atoms with Crippen molar-refractivity contribution < 1.29 is 13.2 Å². The summed E-state index contributed by atoms with van der Waals surface area (Å²) in [5, 5.41) is 0.00426. The van der Waals surface area contributed by atoms with E-state index in [1.807, 2.05) is 0 Å². The Bertz CT molecular complexity index is 495. The number of rotatable bonds is 2. The molecule has 0 aliphatic heterocycles. The summed E-state index contributed by atoms with van der Waals surface area (Å²) >= 11 is 5.63. The molecule has 0 aliphatic carbocycles. The van der Waals surface area contributed by atoms with Gasteiger partial charge >= 0.3 is 0 Å². The Labute approximate surface area is 89.6 Å². The summed E-state index contributed by atoms with van der Waals surface area (Å²) in [6, 6.07) is 6.44. The van der Waals surface area contributed by atoms with Crippen LogP contribution in [0.25, 0.3) is 11.0 Å². The first-order valence-corrected chi connectivity index (χ1v) is 4.69. The lowest BCUT2D eigenvalue weighted by atomic mass is 10.1. The summed E-state index contributed by atoms with van der Waals surface area (Å²) in [6.45, 7) is -0.795. The Balaban J connectivity index is 2.74. The summed E-state index contributed by atoms with van der Waals surface area (Å²) < 4.78 is 31.9. The van der Waals surface area contributed by atoms with Crippen LogP contribution in [-0.2, 0) is 5.92 Å². The molecule has 15 heavy (non-hydrogen) atoms. The van der Waals surface area contributed by atoms with Gasteiger partial charge in [-0.25, -0.2) is 0 Å². The van der Waals surface area contributed by atoms with Gasteiger partial charge in [0.1, 0.15) is 5.58 Å². The number of fused-ring (bicyclic) bond motifs is 1. The van der Waals surface area contributed by atoms with Crippen LogP contribution >= 0.6 is 11.6 Å². The summed E-state index contributed by atoms with van der Waals surface area (Å²) in [5.74, 6) is -3.16. The molecule has 0 aliphatic rings. The van der Waals surface area contributed by atoms with Crippen molar-refractivity contribution in [2.45, 2.75) is 5.92 Å². The topological polar surface area (TPSA) is 39.2 Å². The third-order valence-corrected chi connectivity index (χ3v) is 2.44. The fraction of sp³-hybridized carbons (Fsp3) is 0.200. The van der Waals surface area contributed by atoms with Crippen molar-refractivity contribution in [1.82, 2.24) is 0 Å². The highest BCUT2D eigenvalue weighted by molar-refractivity contribution is 6.31. The van der Waals surface area contributed by atoms with Crippen LogP contribution in [0.3, 0.4) is 0 Å². The fourth-order valence-electron chi connectivity index (χ4n) is 1.46. The minimum Gasteiger partial charge on any atom is -0.444 e. The minimum atomic E-state index is -3.16. The molecule has 2 rings (SSSR count). The maximum Gasteiger partial charge on any atom is 0.290 e. The molecule has 0 saturated heterocycles. The number of halogens is 3. The highest BCUT2D eigenvalue weighted by Gasteiger charge is 2.36. The molecule has 0 radical (unpaired) electrons. The van der Waals surface area contributed by atoms with Crippen molar-refractivity contribution >= 4 is 22.6 Å². The van der Waals surface area contributed by atoms with Crippen LogP contribution in [0.15, 0.2) is 28.7 Å². The molecule has 0 unspecified atom stereocenters. The zero-order valence-corrected chi connectivity index (χ0v) is 8.39. The Morgan fingerprint density at radius 2 is 2.00 bits per heavy atom. The van der Waals surface area contributed by atoms with Crippen LogP contribution in [0.4, 0.5) is 8.78 Å². The maximum absolute atomic E-state index is 13.4. The predicted molar refractivity (Wildman–Crippen MR) is 54.2 cm³/mol. The molecule has 0 bridgehead atoms. The van der Waals surface area contributed by atoms with E-state index in [1.54, 1.807) is 18.2 Å². The van der Waals surface area contributed by atoms with E-state index in [-0.39, 0.29) is 10.8 Å². The largest absolute Gasteiger partial charge is 0.444 e. The Morgan fingerprint density at radius 3 is 2.67 bits per heavy atom. The van der Waals surface area contributed by atoms with Gasteiger partial charge in [0.25, 0.3) is 5.92 Å². The van der Waals surface area contributed by atoms with Crippen LogP contribution in [0.5, 0.6) is 0 Å².